The second-order valence-corrected chi connectivity index (χ2v) is 3.53. The molecule has 0 heterocycles. The highest BCUT2D eigenvalue weighted by molar-refractivity contribution is 5.79. The van der Waals surface area contributed by atoms with Gasteiger partial charge in [0.25, 0.3) is 0 Å². The summed E-state index contributed by atoms with van der Waals surface area (Å²) in [6, 6.07) is 7.90. The first-order valence-corrected chi connectivity index (χ1v) is 5.60. The minimum atomic E-state index is -0.266. The quantitative estimate of drug-likeness (QED) is 0.329. The molecule has 0 amide bonds. The number of aryl methyl sites for hydroxylation is 1. The first-order chi connectivity index (χ1) is 8.22. The van der Waals surface area contributed by atoms with E-state index in [1.54, 1.807) is 13.1 Å². The molecule has 0 unspecified atom stereocenters. The third-order valence-electron chi connectivity index (χ3n) is 2.06. The van der Waals surface area contributed by atoms with E-state index in [9.17, 15) is 4.79 Å². The van der Waals surface area contributed by atoms with Crippen LogP contribution in [0.5, 0.6) is 0 Å². The van der Waals surface area contributed by atoms with Gasteiger partial charge in [-0.05, 0) is 19.4 Å². The van der Waals surface area contributed by atoms with Crippen LogP contribution in [0.15, 0.2) is 29.4 Å². The fourth-order valence-corrected chi connectivity index (χ4v) is 1.17. The Morgan fingerprint density at radius 2 is 2.06 bits per heavy atom. The van der Waals surface area contributed by atoms with Gasteiger partial charge in [-0.3, -0.25) is 4.79 Å². The fraction of sp³-hybridized carbons (Fsp3) is 0.385. The van der Waals surface area contributed by atoms with Crippen molar-refractivity contribution < 1.29 is 14.4 Å². The van der Waals surface area contributed by atoms with Crippen molar-refractivity contribution in [3.63, 3.8) is 0 Å². The molecule has 0 atom stereocenters. The molecule has 0 bridgehead atoms. The highest BCUT2D eigenvalue weighted by atomic mass is 16.6. The maximum atomic E-state index is 11.0. The minimum absolute atomic E-state index is 0.221. The van der Waals surface area contributed by atoms with Crippen molar-refractivity contribution in [2.45, 2.75) is 20.3 Å². The molecule has 4 nitrogen and oxygen atoms in total. The third-order valence-corrected chi connectivity index (χ3v) is 2.06. The molecule has 0 fully saturated rings. The highest BCUT2D eigenvalue weighted by Gasteiger charge is 2.00. The van der Waals surface area contributed by atoms with Crippen molar-refractivity contribution in [1.82, 2.24) is 0 Å². The number of hydrogen-bond acceptors (Lipinski definition) is 4. The van der Waals surface area contributed by atoms with E-state index >= 15 is 0 Å². The van der Waals surface area contributed by atoms with Crippen LogP contribution >= 0.6 is 0 Å². The molecule has 0 saturated heterocycles. The zero-order valence-corrected chi connectivity index (χ0v) is 10.2. The first kappa shape index (κ1) is 13.2. The Labute approximate surface area is 101 Å². The van der Waals surface area contributed by atoms with Crippen LogP contribution in [0.4, 0.5) is 0 Å². The summed E-state index contributed by atoms with van der Waals surface area (Å²) in [5, 5.41) is 3.77. The number of rotatable bonds is 6. The molecule has 0 aliphatic carbocycles. The van der Waals surface area contributed by atoms with Gasteiger partial charge in [-0.15, -0.1) is 0 Å². The first-order valence-electron chi connectivity index (χ1n) is 5.60. The molecule has 1 aromatic carbocycles. The molecule has 0 radical (unpaired) electrons. The minimum Gasteiger partial charge on any atom is -0.466 e. The molecular weight excluding hydrogens is 218 g/mol. The topological polar surface area (TPSA) is 47.9 Å². The fourth-order valence-electron chi connectivity index (χ4n) is 1.17. The Morgan fingerprint density at radius 3 is 2.71 bits per heavy atom. The number of nitrogens with zero attached hydrogens (tertiary/aromatic N) is 1. The molecule has 0 aliphatic rings. The van der Waals surface area contributed by atoms with Crippen LogP contribution in [-0.2, 0) is 14.4 Å². The molecule has 0 aliphatic heterocycles. The summed E-state index contributed by atoms with van der Waals surface area (Å²) in [4.78, 5) is 15.9. The number of esters is 1. The predicted molar refractivity (Wildman–Crippen MR) is 66.0 cm³/mol. The summed E-state index contributed by atoms with van der Waals surface area (Å²) >= 11 is 0. The number of benzene rings is 1. The van der Waals surface area contributed by atoms with Crippen molar-refractivity contribution in [3.8, 4) is 0 Å². The molecule has 0 spiro atoms. The second-order valence-electron chi connectivity index (χ2n) is 3.53. The Bertz CT molecular complexity index is 371. The summed E-state index contributed by atoms with van der Waals surface area (Å²) < 4.78 is 4.75. The number of ether oxygens (including phenoxy) is 1. The smallest absolute Gasteiger partial charge is 0.309 e. The van der Waals surface area contributed by atoms with Gasteiger partial charge in [0, 0.05) is 0 Å². The largest absolute Gasteiger partial charge is 0.466 e. The number of carbonyl (C=O) groups excluding carboxylic acids is 1. The Morgan fingerprint density at radius 1 is 1.35 bits per heavy atom. The van der Waals surface area contributed by atoms with E-state index in [2.05, 4.69) is 5.16 Å². The molecule has 0 N–H and O–H groups in total. The van der Waals surface area contributed by atoms with Gasteiger partial charge >= 0.3 is 5.97 Å². The van der Waals surface area contributed by atoms with Crippen molar-refractivity contribution in [3.05, 3.63) is 35.4 Å². The molecule has 1 rings (SSSR count). The average Bonchev–Trinajstić information content (AvgIpc) is 2.31. The molecule has 92 valence electrons. The molecule has 1 aromatic rings. The Hall–Kier alpha value is -1.84. The monoisotopic (exact) mass is 235 g/mol. The zero-order valence-electron chi connectivity index (χ0n) is 10.2. The maximum absolute atomic E-state index is 11.0. The van der Waals surface area contributed by atoms with Gasteiger partial charge < -0.3 is 9.57 Å². The van der Waals surface area contributed by atoms with E-state index in [0.717, 1.165) is 5.56 Å². The lowest BCUT2D eigenvalue weighted by molar-refractivity contribution is -0.144. The van der Waals surface area contributed by atoms with Crippen LogP contribution in [0, 0.1) is 6.92 Å². The van der Waals surface area contributed by atoms with E-state index in [1.807, 2.05) is 31.2 Å². The number of oxime groups is 1. The lowest BCUT2D eigenvalue weighted by atomic mass is 10.2. The Balaban J connectivity index is 2.22. The lowest BCUT2D eigenvalue weighted by Gasteiger charge is -2.00. The Kier molecular flexibility index (Phi) is 5.79. The summed E-state index contributed by atoms with van der Waals surface area (Å²) in [6.07, 6.45) is 1.84. The summed E-state index contributed by atoms with van der Waals surface area (Å²) in [5.74, 6) is -0.266. The number of hydrogen-bond donors (Lipinski definition) is 0. The van der Waals surface area contributed by atoms with E-state index in [4.69, 9.17) is 9.57 Å². The van der Waals surface area contributed by atoms with Crippen LogP contribution in [-0.4, -0.2) is 25.4 Å². The van der Waals surface area contributed by atoms with Gasteiger partial charge in [0.15, 0.2) is 0 Å². The number of carbonyl (C=O) groups is 1. The molecule has 0 aromatic heterocycles. The van der Waals surface area contributed by atoms with Gasteiger partial charge in [-0.1, -0.05) is 35.0 Å². The van der Waals surface area contributed by atoms with Crippen molar-refractivity contribution in [2.24, 2.45) is 5.16 Å². The third kappa shape index (κ3) is 5.70. The maximum Gasteiger partial charge on any atom is 0.309 e. The van der Waals surface area contributed by atoms with Gasteiger partial charge in [0.05, 0.1) is 19.2 Å². The van der Waals surface area contributed by atoms with Gasteiger partial charge in [0.2, 0.25) is 0 Å². The van der Waals surface area contributed by atoms with Crippen LogP contribution < -0.4 is 0 Å². The van der Waals surface area contributed by atoms with Crippen molar-refractivity contribution in [2.75, 3.05) is 13.2 Å². The van der Waals surface area contributed by atoms with Crippen LogP contribution in [0.2, 0.25) is 0 Å². The normalized spacial score (nSPS) is 10.5. The predicted octanol–water partition coefficient (Wildman–Crippen LogP) is 2.30. The van der Waals surface area contributed by atoms with E-state index in [0.29, 0.717) is 6.61 Å². The van der Waals surface area contributed by atoms with Crippen LogP contribution in [0.25, 0.3) is 0 Å². The van der Waals surface area contributed by atoms with Crippen molar-refractivity contribution >= 4 is 12.2 Å². The average molecular weight is 235 g/mol. The zero-order chi connectivity index (χ0) is 12.5. The van der Waals surface area contributed by atoms with Gasteiger partial charge in [-0.25, -0.2) is 0 Å². The van der Waals surface area contributed by atoms with Crippen LogP contribution in [0.3, 0.4) is 0 Å². The van der Waals surface area contributed by atoms with E-state index in [-0.39, 0.29) is 19.0 Å². The molecule has 17 heavy (non-hydrogen) atoms. The van der Waals surface area contributed by atoms with Gasteiger partial charge in [0.1, 0.15) is 6.61 Å². The SMILES string of the molecule is CCOC(=O)CCO/N=C/c1ccc(C)cc1. The lowest BCUT2D eigenvalue weighted by Crippen LogP contribution is -2.06. The highest BCUT2D eigenvalue weighted by Crippen LogP contribution is 2.00. The summed E-state index contributed by atoms with van der Waals surface area (Å²) in [5.41, 5.74) is 2.16. The van der Waals surface area contributed by atoms with E-state index < -0.39 is 0 Å². The summed E-state index contributed by atoms with van der Waals surface area (Å²) in [7, 11) is 0. The van der Waals surface area contributed by atoms with Gasteiger partial charge in [-0.2, -0.15) is 0 Å². The molecular formula is C13H17NO3. The van der Waals surface area contributed by atoms with Crippen LogP contribution in [0.1, 0.15) is 24.5 Å². The van der Waals surface area contributed by atoms with E-state index in [1.165, 1.54) is 5.56 Å². The second kappa shape index (κ2) is 7.44. The summed E-state index contributed by atoms with van der Waals surface area (Å²) in [6.45, 7) is 4.43. The van der Waals surface area contributed by atoms with Crippen molar-refractivity contribution in [1.29, 1.82) is 0 Å². The molecule has 0 saturated carbocycles. The molecule has 4 heteroatoms. The standard InChI is InChI=1S/C13H17NO3/c1-3-16-13(15)8-9-17-14-10-12-6-4-11(2)5-7-12/h4-7,10H,3,8-9H2,1-2H3/b14-10+.